The second-order valence-electron chi connectivity index (χ2n) is 4.88. The second kappa shape index (κ2) is 5.32. The lowest BCUT2D eigenvalue weighted by Gasteiger charge is -2.08. The standard InChI is InChI=1S/C14H17N3O3/c1-9(2)13-11(14(19)17(15-13)10(3)18)5-6-12-16(4)7-8-20-12/h5-9H,1-4H3/b11-5+,12-6+. The van der Waals surface area contributed by atoms with E-state index in [0.717, 1.165) is 5.01 Å². The summed E-state index contributed by atoms with van der Waals surface area (Å²) in [7, 11) is 1.84. The molecule has 0 saturated heterocycles. The van der Waals surface area contributed by atoms with Crippen LogP contribution in [-0.4, -0.2) is 34.5 Å². The van der Waals surface area contributed by atoms with Gasteiger partial charge in [0.15, 0.2) is 5.88 Å². The van der Waals surface area contributed by atoms with Gasteiger partial charge in [-0.25, -0.2) is 0 Å². The molecule has 0 fully saturated rings. The number of amides is 2. The van der Waals surface area contributed by atoms with Gasteiger partial charge in [-0.2, -0.15) is 10.1 Å². The van der Waals surface area contributed by atoms with E-state index >= 15 is 0 Å². The Hall–Kier alpha value is -2.37. The van der Waals surface area contributed by atoms with E-state index in [1.165, 1.54) is 6.92 Å². The van der Waals surface area contributed by atoms with Gasteiger partial charge in [-0.15, -0.1) is 0 Å². The fourth-order valence-electron chi connectivity index (χ4n) is 1.89. The smallest absolute Gasteiger partial charge is 0.283 e. The zero-order valence-corrected chi connectivity index (χ0v) is 12.0. The number of imide groups is 1. The Bertz CT molecular complexity index is 570. The first kappa shape index (κ1) is 14.0. The van der Waals surface area contributed by atoms with Gasteiger partial charge in [0.05, 0.1) is 11.3 Å². The molecule has 2 rings (SSSR count). The number of hydrazone groups is 1. The third kappa shape index (κ3) is 2.49. The van der Waals surface area contributed by atoms with E-state index in [2.05, 4.69) is 5.10 Å². The van der Waals surface area contributed by atoms with Crippen LogP contribution < -0.4 is 0 Å². The first-order valence-corrected chi connectivity index (χ1v) is 6.34. The summed E-state index contributed by atoms with van der Waals surface area (Å²) in [5.74, 6) is -0.130. The molecule has 0 bridgehead atoms. The van der Waals surface area contributed by atoms with Crippen molar-refractivity contribution in [1.82, 2.24) is 9.91 Å². The normalized spacial score (nSPS) is 22.2. The van der Waals surface area contributed by atoms with Crippen LogP contribution in [-0.2, 0) is 14.3 Å². The van der Waals surface area contributed by atoms with Crippen molar-refractivity contribution in [1.29, 1.82) is 0 Å². The number of carbonyl (C=O) groups excluding carboxylic acids is 2. The van der Waals surface area contributed by atoms with Gasteiger partial charge in [0.1, 0.15) is 6.26 Å². The van der Waals surface area contributed by atoms with Gasteiger partial charge in [-0.1, -0.05) is 13.8 Å². The quantitative estimate of drug-likeness (QED) is 0.718. The number of hydrogen-bond acceptors (Lipinski definition) is 5. The van der Waals surface area contributed by atoms with E-state index in [-0.39, 0.29) is 11.8 Å². The average Bonchev–Trinajstić information content (AvgIpc) is 2.91. The molecule has 0 saturated carbocycles. The molecule has 2 aliphatic heterocycles. The molecule has 0 spiro atoms. The van der Waals surface area contributed by atoms with E-state index in [1.807, 2.05) is 20.9 Å². The third-order valence-corrected chi connectivity index (χ3v) is 2.97. The minimum absolute atomic E-state index is 0.0494. The summed E-state index contributed by atoms with van der Waals surface area (Å²) < 4.78 is 5.26. The molecule has 0 aromatic rings. The van der Waals surface area contributed by atoms with Crippen LogP contribution in [0.4, 0.5) is 0 Å². The Balaban J connectivity index is 2.32. The number of nitrogens with zero attached hydrogens (tertiary/aromatic N) is 3. The van der Waals surface area contributed by atoms with E-state index in [4.69, 9.17) is 4.74 Å². The highest BCUT2D eigenvalue weighted by atomic mass is 16.5. The van der Waals surface area contributed by atoms with Gasteiger partial charge in [0, 0.05) is 20.2 Å². The molecule has 0 unspecified atom stereocenters. The second-order valence-corrected chi connectivity index (χ2v) is 4.88. The van der Waals surface area contributed by atoms with E-state index in [9.17, 15) is 9.59 Å². The Kier molecular flexibility index (Phi) is 3.74. The van der Waals surface area contributed by atoms with Crippen LogP contribution >= 0.6 is 0 Å². The zero-order valence-electron chi connectivity index (χ0n) is 12.0. The predicted octanol–water partition coefficient (Wildman–Crippen LogP) is 1.59. The van der Waals surface area contributed by atoms with Gasteiger partial charge in [0.2, 0.25) is 5.91 Å². The molecule has 0 aliphatic carbocycles. The van der Waals surface area contributed by atoms with Crippen molar-refractivity contribution in [3.63, 3.8) is 0 Å². The molecule has 2 aliphatic rings. The number of hydrogen-bond donors (Lipinski definition) is 0. The fourth-order valence-corrected chi connectivity index (χ4v) is 1.89. The first-order chi connectivity index (χ1) is 9.41. The van der Waals surface area contributed by atoms with Crippen molar-refractivity contribution in [3.05, 3.63) is 36.1 Å². The summed E-state index contributed by atoms with van der Waals surface area (Å²) >= 11 is 0. The minimum atomic E-state index is -0.397. The predicted molar refractivity (Wildman–Crippen MR) is 74.0 cm³/mol. The molecule has 6 nitrogen and oxygen atoms in total. The van der Waals surface area contributed by atoms with Crippen LogP contribution in [0.3, 0.4) is 0 Å². The van der Waals surface area contributed by atoms with Crippen molar-refractivity contribution < 1.29 is 14.3 Å². The number of rotatable bonds is 2. The summed E-state index contributed by atoms with van der Waals surface area (Å²) in [5, 5.41) is 5.00. The van der Waals surface area contributed by atoms with Crippen molar-refractivity contribution >= 4 is 17.5 Å². The van der Waals surface area contributed by atoms with Crippen molar-refractivity contribution in [2.75, 3.05) is 7.05 Å². The van der Waals surface area contributed by atoms with Crippen LogP contribution in [0.5, 0.6) is 0 Å². The summed E-state index contributed by atoms with van der Waals surface area (Å²) in [6, 6.07) is 0. The summed E-state index contributed by atoms with van der Waals surface area (Å²) in [5.41, 5.74) is 1.03. The lowest BCUT2D eigenvalue weighted by molar-refractivity contribution is -0.139. The van der Waals surface area contributed by atoms with Crippen molar-refractivity contribution in [3.8, 4) is 0 Å². The maximum absolute atomic E-state index is 12.2. The van der Waals surface area contributed by atoms with Crippen LogP contribution in [0.25, 0.3) is 0 Å². The molecular weight excluding hydrogens is 258 g/mol. The van der Waals surface area contributed by atoms with Crippen LogP contribution in [0.1, 0.15) is 20.8 Å². The van der Waals surface area contributed by atoms with Gasteiger partial charge < -0.3 is 9.64 Å². The molecule has 0 aromatic carbocycles. The van der Waals surface area contributed by atoms with Gasteiger partial charge in [-0.05, 0) is 18.1 Å². The van der Waals surface area contributed by atoms with Crippen LogP contribution in [0, 0.1) is 5.92 Å². The molecule has 0 aromatic heterocycles. The van der Waals surface area contributed by atoms with Gasteiger partial charge >= 0.3 is 0 Å². The van der Waals surface area contributed by atoms with Crippen LogP contribution in [0.15, 0.2) is 41.2 Å². The third-order valence-electron chi connectivity index (χ3n) is 2.97. The summed E-state index contributed by atoms with van der Waals surface area (Å²) in [6.45, 7) is 5.17. The highest BCUT2D eigenvalue weighted by Crippen LogP contribution is 2.21. The Morgan fingerprint density at radius 2 is 2.10 bits per heavy atom. The molecule has 106 valence electrons. The molecule has 0 atom stereocenters. The Labute approximate surface area is 117 Å². The molecule has 2 heterocycles. The van der Waals surface area contributed by atoms with Gasteiger partial charge in [0.25, 0.3) is 5.91 Å². The SMILES string of the molecule is CC(=O)N1N=C(C(C)C)/C(=C\C=C2\OC=CN2C)C1=O. The van der Waals surface area contributed by atoms with Crippen molar-refractivity contribution in [2.45, 2.75) is 20.8 Å². The minimum Gasteiger partial charge on any atom is -0.447 e. The molecule has 0 N–H and O–H groups in total. The highest BCUT2D eigenvalue weighted by Gasteiger charge is 2.33. The van der Waals surface area contributed by atoms with E-state index < -0.39 is 5.91 Å². The van der Waals surface area contributed by atoms with Crippen molar-refractivity contribution in [2.24, 2.45) is 11.0 Å². The lowest BCUT2D eigenvalue weighted by atomic mass is 10.00. The van der Waals surface area contributed by atoms with E-state index in [0.29, 0.717) is 17.2 Å². The Morgan fingerprint density at radius 3 is 2.60 bits per heavy atom. The zero-order chi connectivity index (χ0) is 14.9. The summed E-state index contributed by atoms with van der Waals surface area (Å²) in [4.78, 5) is 25.3. The lowest BCUT2D eigenvalue weighted by Crippen LogP contribution is -2.26. The number of ether oxygens (including phenoxy) is 1. The fraction of sp³-hybridized carbons (Fsp3) is 0.357. The average molecular weight is 275 g/mol. The molecule has 0 radical (unpaired) electrons. The van der Waals surface area contributed by atoms with Gasteiger partial charge in [-0.3, -0.25) is 9.59 Å². The Morgan fingerprint density at radius 1 is 1.40 bits per heavy atom. The maximum Gasteiger partial charge on any atom is 0.283 e. The van der Waals surface area contributed by atoms with E-state index in [1.54, 1.807) is 29.5 Å². The number of allylic oxidation sites excluding steroid dienone is 2. The maximum atomic E-state index is 12.2. The number of carbonyl (C=O) groups is 2. The van der Waals surface area contributed by atoms with Crippen LogP contribution in [0.2, 0.25) is 0 Å². The molecule has 6 heteroatoms. The highest BCUT2D eigenvalue weighted by molar-refractivity contribution is 6.28. The topological polar surface area (TPSA) is 62.2 Å². The first-order valence-electron chi connectivity index (χ1n) is 6.34. The monoisotopic (exact) mass is 275 g/mol. The largest absolute Gasteiger partial charge is 0.447 e. The molecular formula is C14H17N3O3. The summed E-state index contributed by atoms with van der Waals surface area (Å²) in [6.07, 6.45) is 6.65. The molecule has 20 heavy (non-hydrogen) atoms. The molecule has 2 amide bonds.